The fourth-order valence-corrected chi connectivity index (χ4v) is 2.02. The van der Waals surface area contributed by atoms with Gasteiger partial charge >= 0.3 is 11.9 Å². The number of para-hydroxylation sites is 1. The van der Waals surface area contributed by atoms with Gasteiger partial charge in [0.2, 0.25) is 0 Å². The van der Waals surface area contributed by atoms with Gasteiger partial charge in [-0.1, -0.05) is 18.2 Å². The molecule has 0 aliphatic carbocycles. The second-order valence-electron chi connectivity index (χ2n) is 4.24. The minimum absolute atomic E-state index is 0.368. The maximum absolute atomic E-state index is 12.5. The summed E-state index contributed by atoms with van der Waals surface area (Å²) in [5.74, 6) is 0. The van der Waals surface area contributed by atoms with Crippen molar-refractivity contribution in [1.29, 1.82) is 0 Å². The topological polar surface area (TPSA) is 61.5 Å². The highest BCUT2D eigenvalue weighted by Crippen LogP contribution is 2.30. The van der Waals surface area contributed by atoms with Crippen molar-refractivity contribution >= 4 is 11.0 Å². The Bertz CT molecular complexity index is 815. The van der Waals surface area contributed by atoms with Gasteiger partial charge in [-0.3, -0.25) is 4.98 Å². The number of alkyl halides is 3. The lowest BCUT2D eigenvalue weighted by Gasteiger charge is -2.07. The summed E-state index contributed by atoms with van der Waals surface area (Å²) in [6.07, 6.45) is -3.32. The Morgan fingerprint density at radius 1 is 1.05 bits per heavy atom. The van der Waals surface area contributed by atoms with Crippen molar-refractivity contribution in [3.63, 3.8) is 0 Å². The molecule has 0 atom stereocenters. The van der Waals surface area contributed by atoms with E-state index in [9.17, 15) is 18.0 Å². The van der Waals surface area contributed by atoms with Gasteiger partial charge in [0.15, 0.2) is 0 Å². The number of halogens is 3. The van der Waals surface area contributed by atoms with Crippen LogP contribution in [0.25, 0.3) is 22.2 Å². The van der Waals surface area contributed by atoms with Crippen LogP contribution in [-0.4, -0.2) is 15.0 Å². The zero-order valence-corrected chi connectivity index (χ0v) is 9.95. The van der Waals surface area contributed by atoms with Crippen LogP contribution >= 0.6 is 0 Å². The highest BCUT2D eigenvalue weighted by atomic mass is 19.4. The van der Waals surface area contributed by atoms with Crippen LogP contribution in [0.1, 0.15) is 5.69 Å². The van der Waals surface area contributed by atoms with Crippen molar-refractivity contribution in [3.8, 4) is 11.1 Å². The van der Waals surface area contributed by atoms with E-state index in [4.69, 9.17) is 0 Å². The van der Waals surface area contributed by atoms with Gasteiger partial charge in [-0.05, 0) is 12.1 Å². The lowest BCUT2D eigenvalue weighted by Crippen LogP contribution is -2.07. The molecule has 3 rings (SSSR count). The molecule has 2 N–H and O–H groups in total. The summed E-state index contributed by atoms with van der Waals surface area (Å²) in [6, 6.07) is 7.36. The fraction of sp³-hybridized carbons (Fsp3) is 0.0769. The molecule has 0 aliphatic rings. The molecule has 20 heavy (non-hydrogen) atoms. The van der Waals surface area contributed by atoms with Gasteiger partial charge < -0.3 is 9.97 Å². The van der Waals surface area contributed by atoms with Crippen molar-refractivity contribution in [2.24, 2.45) is 0 Å². The molecule has 0 saturated heterocycles. The largest absolute Gasteiger partial charge is 0.433 e. The van der Waals surface area contributed by atoms with Gasteiger partial charge in [0, 0.05) is 17.3 Å². The first-order valence-corrected chi connectivity index (χ1v) is 5.70. The average molecular weight is 279 g/mol. The third kappa shape index (κ3) is 2.07. The van der Waals surface area contributed by atoms with Gasteiger partial charge in [0.1, 0.15) is 5.69 Å². The molecule has 0 saturated carbocycles. The van der Waals surface area contributed by atoms with E-state index in [2.05, 4.69) is 15.0 Å². The molecule has 0 amide bonds. The number of hydrogen-bond donors (Lipinski definition) is 2. The molecule has 3 aromatic rings. The lowest BCUT2D eigenvalue weighted by atomic mass is 10.1. The van der Waals surface area contributed by atoms with Crippen LogP contribution in [0.5, 0.6) is 0 Å². The van der Waals surface area contributed by atoms with E-state index in [0.717, 1.165) is 12.3 Å². The molecule has 1 aromatic carbocycles. The summed E-state index contributed by atoms with van der Waals surface area (Å²) in [5, 5.41) is 0. The Hall–Kier alpha value is -2.57. The first-order chi connectivity index (χ1) is 9.45. The molecule has 4 nitrogen and oxygen atoms in total. The summed E-state index contributed by atoms with van der Waals surface area (Å²) in [4.78, 5) is 19.9. The maximum atomic E-state index is 12.5. The SMILES string of the molecule is O=c1[nH]c2cccc(-c3ccc(C(F)(F)F)nc3)c2[nH]1. The summed E-state index contributed by atoms with van der Waals surface area (Å²) < 4.78 is 37.4. The molecular formula is C13H8F3N3O. The predicted molar refractivity (Wildman–Crippen MR) is 67.2 cm³/mol. The Morgan fingerprint density at radius 3 is 2.50 bits per heavy atom. The van der Waals surface area contributed by atoms with Crippen molar-refractivity contribution in [2.45, 2.75) is 6.18 Å². The van der Waals surface area contributed by atoms with E-state index in [1.807, 2.05) is 0 Å². The molecule has 0 aliphatic heterocycles. The van der Waals surface area contributed by atoms with Gasteiger partial charge in [-0.25, -0.2) is 4.79 Å². The van der Waals surface area contributed by atoms with Crippen LogP contribution in [0.15, 0.2) is 41.3 Å². The van der Waals surface area contributed by atoms with E-state index in [0.29, 0.717) is 22.2 Å². The smallest absolute Gasteiger partial charge is 0.306 e. The quantitative estimate of drug-likeness (QED) is 0.719. The third-order valence-corrected chi connectivity index (χ3v) is 2.92. The summed E-state index contributed by atoms with van der Waals surface area (Å²) in [6.45, 7) is 0. The monoisotopic (exact) mass is 279 g/mol. The number of imidazole rings is 1. The summed E-state index contributed by atoms with van der Waals surface area (Å²) in [5.41, 5.74) is 0.927. The first kappa shape index (κ1) is 12.5. The number of hydrogen-bond acceptors (Lipinski definition) is 2. The highest BCUT2D eigenvalue weighted by molar-refractivity contribution is 5.91. The zero-order valence-electron chi connectivity index (χ0n) is 9.95. The number of aromatic amines is 2. The van der Waals surface area contributed by atoms with Crippen LogP contribution in [0.4, 0.5) is 13.2 Å². The molecule has 0 bridgehead atoms. The normalized spacial score (nSPS) is 11.9. The predicted octanol–water partition coefficient (Wildman–Crippen LogP) is 2.94. The first-order valence-electron chi connectivity index (χ1n) is 5.70. The van der Waals surface area contributed by atoms with E-state index in [1.165, 1.54) is 6.07 Å². The van der Waals surface area contributed by atoms with Crippen LogP contribution < -0.4 is 5.69 Å². The third-order valence-electron chi connectivity index (χ3n) is 2.92. The number of H-pyrrole nitrogens is 2. The molecular weight excluding hydrogens is 271 g/mol. The van der Waals surface area contributed by atoms with Crippen molar-refractivity contribution in [2.75, 3.05) is 0 Å². The second kappa shape index (κ2) is 4.22. The molecule has 2 heterocycles. The van der Waals surface area contributed by atoms with Crippen LogP contribution in [0.2, 0.25) is 0 Å². The van der Waals surface area contributed by atoms with Gasteiger partial charge in [0.05, 0.1) is 11.0 Å². The maximum Gasteiger partial charge on any atom is 0.433 e. The Balaban J connectivity index is 2.14. The van der Waals surface area contributed by atoms with E-state index in [1.54, 1.807) is 18.2 Å². The van der Waals surface area contributed by atoms with Crippen LogP contribution in [0, 0.1) is 0 Å². The summed E-state index contributed by atoms with van der Waals surface area (Å²) in [7, 11) is 0. The zero-order chi connectivity index (χ0) is 14.3. The molecule has 0 spiro atoms. The number of fused-ring (bicyclic) bond motifs is 1. The van der Waals surface area contributed by atoms with Crippen molar-refractivity contribution < 1.29 is 13.2 Å². The molecule has 7 heteroatoms. The lowest BCUT2D eigenvalue weighted by molar-refractivity contribution is -0.141. The number of aromatic nitrogens is 3. The second-order valence-corrected chi connectivity index (χ2v) is 4.24. The van der Waals surface area contributed by atoms with Gasteiger partial charge in [-0.15, -0.1) is 0 Å². The Morgan fingerprint density at radius 2 is 1.85 bits per heavy atom. The van der Waals surface area contributed by atoms with Gasteiger partial charge in [-0.2, -0.15) is 13.2 Å². The molecule has 0 fully saturated rings. The summed E-state index contributed by atoms with van der Waals surface area (Å²) >= 11 is 0. The fourth-order valence-electron chi connectivity index (χ4n) is 2.02. The number of rotatable bonds is 1. The van der Waals surface area contributed by atoms with Crippen molar-refractivity contribution in [3.05, 3.63) is 52.7 Å². The number of pyridine rings is 1. The number of nitrogens with one attached hydrogen (secondary N) is 2. The van der Waals surface area contributed by atoms with E-state index >= 15 is 0 Å². The Kier molecular flexibility index (Phi) is 2.63. The number of nitrogens with zero attached hydrogens (tertiary/aromatic N) is 1. The molecule has 102 valence electrons. The van der Waals surface area contributed by atoms with E-state index < -0.39 is 11.9 Å². The van der Waals surface area contributed by atoms with E-state index in [-0.39, 0.29) is 5.69 Å². The van der Waals surface area contributed by atoms with Crippen molar-refractivity contribution in [1.82, 2.24) is 15.0 Å². The van der Waals surface area contributed by atoms with Crippen LogP contribution in [0.3, 0.4) is 0 Å². The molecule has 0 unspecified atom stereocenters. The Labute approximate surface area is 110 Å². The molecule has 2 aromatic heterocycles. The average Bonchev–Trinajstić information content (AvgIpc) is 2.78. The standard InChI is InChI=1S/C13H8F3N3O/c14-13(15,16)10-5-4-7(6-17-10)8-2-1-3-9-11(8)19-12(20)18-9/h1-6H,(H2,18,19,20). The van der Waals surface area contributed by atoms with Crippen LogP contribution in [-0.2, 0) is 6.18 Å². The minimum Gasteiger partial charge on any atom is -0.306 e. The molecule has 0 radical (unpaired) electrons. The highest BCUT2D eigenvalue weighted by Gasteiger charge is 2.32. The number of benzene rings is 1. The van der Waals surface area contributed by atoms with Gasteiger partial charge in [0.25, 0.3) is 0 Å². The minimum atomic E-state index is -4.47.